The summed E-state index contributed by atoms with van der Waals surface area (Å²) < 4.78 is 2.06. The molecule has 0 radical (unpaired) electrons. The smallest absolute Gasteiger partial charge is 0.227 e. The zero-order valence-electron chi connectivity index (χ0n) is 12.3. The van der Waals surface area contributed by atoms with Crippen LogP contribution < -0.4 is 5.32 Å². The van der Waals surface area contributed by atoms with Crippen LogP contribution in [0.5, 0.6) is 0 Å². The summed E-state index contributed by atoms with van der Waals surface area (Å²) in [6, 6.07) is 9.77. The molecule has 3 heterocycles. The van der Waals surface area contributed by atoms with E-state index in [-0.39, 0.29) is 11.9 Å². The number of pyridine rings is 1. The Hall–Kier alpha value is -2.40. The average Bonchev–Trinajstić information content (AvgIpc) is 3.21. The molecule has 0 saturated heterocycles. The largest absolute Gasteiger partial charge is 0.346 e. The molecule has 0 aliphatic carbocycles. The van der Waals surface area contributed by atoms with Gasteiger partial charge >= 0.3 is 0 Å². The Morgan fingerprint density at radius 1 is 1.32 bits per heavy atom. The van der Waals surface area contributed by atoms with Crippen LogP contribution in [0, 0.1) is 6.92 Å². The summed E-state index contributed by atoms with van der Waals surface area (Å²) in [6.45, 7) is 1.97. The first-order valence-electron chi connectivity index (χ1n) is 7.09. The van der Waals surface area contributed by atoms with E-state index < -0.39 is 0 Å². The number of aromatic nitrogens is 2. The van der Waals surface area contributed by atoms with Crippen LogP contribution in [0.2, 0.25) is 0 Å². The maximum atomic E-state index is 12.3. The van der Waals surface area contributed by atoms with E-state index in [0.29, 0.717) is 12.2 Å². The normalized spacial score (nSPS) is 12.0. The fourth-order valence-corrected chi connectivity index (χ4v) is 3.03. The monoisotopic (exact) mass is 311 g/mol. The molecule has 3 aromatic heterocycles. The molecule has 4 nitrogen and oxygen atoms in total. The molecule has 3 rings (SSSR count). The van der Waals surface area contributed by atoms with E-state index in [0.717, 1.165) is 11.1 Å². The van der Waals surface area contributed by atoms with Gasteiger partial charge in [0.2, 0.25) is 5.91 Å². The Balaban J connectivity index is 1.73. The van der Waals surface area contributed by atoms with Gasteiger partial charge in [0.1, 0.15) is 5.82 Å². The lowest BCUT2D eigenvalue weighted by Gasteiger charge is -2.17. The van der Waals surface area contributed by atoms with E-state index in [1.54, 1.807) is 17.5 Å². The molecule has 112 valence electrons. The zero-order valence-corrected chi connectivity index (χ0v) is 13.1. The van der Waals surface area contributed by atoms with Gasteiger partial charge in [-0.1, -0.05) is 6.07 Å². The fourth-order valence-electron chi connectivity index (χ4n) is 2.33. The van der Waals surface area contributed by atoms with Crippen molar-refractivity contribution < 1.29 is 4.79 Å². The predicted molar refractivity (Wildman–Crippen MR) is 89.1 cm³/mol. The standard InChI is InChI=1S/C17H17N3OS/c1-13-4-5-16(18-11-13)19-17(21)10-15(14-6-9-22-12-14)20-7-2-3-8-20/h2-9,11-12,15H,10H2,1H3,(H,18,19,21)/t15-/m1/s1. The molecule has 0 aromatic carbocycles. The highest BCUT2D eigenvalue weighted by Gasteiger charge is 2.18. The third kappa shape index (κ3) is 3.43. The van der Waals surface area contributed by atoms with E-state index in [1.165, 1.54) is 0 Å². The van der Waals surface area contributed by atoms with Crippen LogP contribution in [-0.4, -0.2) is 15.5 Å². The number of carbonyl (C=O) groups is 1. The molecule has 1 N–H and O–H groups in total. The molecule has 0 aliphatic rings. The topological polar surface area (TPSA) is 46.9 Å². The first kappa shape index (κ1) is 14.5. The third-order valence-corrected chi connectivity index (χ3v) is 4.17. The fraction of sp³-hybridized carbons (Fsp3) is 0.176. The average molecular weight is 311 g/mol. The van der Waals surface area contributed by atoms with Gasteiger partial charge in [0.25, 0.3) is 0 Å². The summed E-state index contributed by atoms with van der Waals surface area (Å²) in [7, 11) is 0. The number of hydrogen-bond donors (Lipinski definition) is 1. The van der Waals surface area contributed by atoms with E-state index >= 15 is 0 Å². The third-order valence-electron chi connectivity index (χ3n) is 3.47. The molecule has 0 bridgehead atoms. The van der Waals surface area contributed by atoms with Crippen molar-refractivity contribution in [2.24, 2.45) is 0 Å². The number of nitrogens with one attached hydrogen (secondary N) is 1. The summed E-state index contributed by atoms with van der Waals surface area (Å²) in [4.78, 5) is 16.6. The van der Waals surface area contributed by atoms with Crippen molar-refractivity contribution in [1.82, 2.24) is 9.55 Å². The first-order chi connectivity index (χ1) is 10.7. The number of hydrogen-bond acceptors (Lipinski definition) is 3. The SMILES string of the molecule is Cc1ccc(NC(=O)C[C@H](c2ccsc2)n2cccc2)nc1. The number of carbonyl (C=O) groups excluding carboxylic acids is 1. The van der Waals surface area contributed by atoms with Crippen LogP contribution in [0.4, 0.5) is 5.82 Å². The van der Waals surface area contributed by atoms with Crippen LogP contribution >= 0.6 is 11.3 Å². The summed E-state index contributed by atoms with van der Waals surface area (Å²) in [6.07, 6.45) is 6.10. The summed E-state index contributed by atoms with van der Waals surface area (Å²) in [5.74, 6) is 0.549. The molecule has 22 heavy (non-hydrogen) atoms. The van der Waals surface area contributed by atoms with Gasteiger partial charge in [0.05, 0.1) is 12.5 Å². The Labute approximate surface area is 133 Å². The zero-order chi connectivity index (χ0) is 15.4. The minimum atomic E-state index is -0.0405. The minimum absolute atomic E-state index is 0.00620. The molecular formula is C17H17N3OS. The lowest BCUT2D eigenvalue weighted by atomic mass is 10.1. The van der Waals surface area contributed by atoms with Crippen LogP contribution in [0.1, 0.15) is 23.6 Å². The molecule has 0 aliphatic heterocycles. The molecule has 5 heteroatoms. The van der Waals surface area contributed by atoms with Crippen LogP contribution in [-0.2, 0) is 4.79 Å². The first-order valence-corrected chi connectivity index (χ1v) is 8.04. The van der Waals surface area contributed by atoms with E-state index in [9.17, 15) is 4.79 Å². The number of aryl methyl sites for hydroxylation is 1. The molecule has 0 saturated carbocycles. The molecule has 1 amide bonds. The predicted octanol–water partition coefficient (Wildman–Crippen LogP) is 3.87. The summed E-state index contributed by atoms with van der Waals surface area (Å²) >= 11 is 1.64. The number of amides is 1. The van der Waals surface area contributed by atoms with Crippen molar-refractivity contribution in [3.63, 3.8) is 0 Å². The van der Waals surface area contributed by atoms with Gasteiger partial charge in [0, 0.05) is 18.6 Å². The highest BCUT2D eigenvalue weighted by Crippen LogP contribution is 2.25. The van der Waals surface area contributed by atoms with E-state index in [2.05, 4.69) is 26.3 Å². The Bertz CT molecular complexity index is 684. The van der Waals surface area contributed by atoms with Crippen LogP contribution in [0.25, 0.3) is 0 Å². The Morgan fingerprint density at radius 3 is 2.77 bits per heavy atom. The minimum Gasteiger partial charge on any atom is -0.346 e. The van der Waals surface area contributed by atoms with E-state index in [1.807, 2.05) is 49.0 Å². The van der Waals surface area contributed by atoms with Gasteiger partial charge < -0.3 is 9.88 Å². The second-order valence-corrected chi connectivity index (χ2v) is 5.96. The molecule has 0 spiro atoms. The quantitative estimate of drug-likeness (QED) is 0.777. The van der Waals surface area contributed by atoms with Crippen molar-refractivity contribution in [3.05, 3.63) is 70.8 Å². The van der Waals surface area contributed by atoms with Gasteiger partial charge in [0.15, 0.2) is 0 Å². The van der Waals surface area contributed by atoms with Crippen molar-refractivity contribution >= 4 is 23.1 Å². The van der Waals surface area contributed by atoms with Crippen molar-refractivity contribution in [1.29, 1.82) is 0 Å². The summed E-state index contributed by atoms with van der Waals surface area (Å²) in [5.41, 5.74) is 2.22. The number of rotatable bonds is 5. The molecular weight excluding hydrogens is 294 g/mol. The summed E-state index contributed by atoms with van der Waals surface area (Å²) in [5, 5.41) is 6.98. The van der Waals surface area contributed by atoms with Crippen LogP contribution in [0.15, 0.2) is 59.7 Å². The van der Waals surface area contributed by atoms with Crippen LogP contribution in [0.3, 0.4) is 0 Å². The van der Waals surface area contributed by atoms with Crippen molar-refractivity contribution in [2.75, 3.05) is 5.32 Å². The van der Waals surface area contributed by atoms with Gasteiger partial charge in [-0.15, -0.1) is 0 Å². The van der Waals surface area contributed by atoms with Crippen molar-refractivity contribution in [3.8, 4) is 0 Å². The molecule has 0 fully saturated rings. The van der Waals surface area contributed by atoms with E-state index in [4.69, 9.17) is 0 Å². The number of nitrogens with zero attached hydrogens (tertiary/aromatic N) is 2. The maximum Gasteiger partial charge on any atom is 0.227 e. The van der Waals surface area contributed by atoms with Gasteiger partial charge in [-0.25, -0.2) is 4.98 Å². The molecule has 0 unspecified atom stereocenters. The molecule has 1 atom stereocenters. The second-order valence-electron chi connectivity index (χ2n) is 5.18. The highest BCUT2D eigenvalue weighted by molar-refractivity contribution is 7.08. The number of anilines is 1. The lowest BCUT2D eigenvalue weighted by molar-refractivity contribution is -0.116. The highest BCUT2D eigenvalue weighted by atomic mass is 32.1. The molecule has 3 aromatic rings. The Morgan fingerprint density at radius 2 is 2.14 bits per heavy atom. The second kappa shape index (κ2) is 6.58. The maximum absolute atomic E-state index is 12.3. The van der Waals surface area contributed by atoms with Crippen molar-refractivity contribution in [2.45, 2.75) is 19.4 Å². The van der Waals surface area contributed by atoms with Gasteiger partial charge in [-0.05, 0) is 53.1 Å². The van der Waals surface area contributed by atoms with Gasteiger partial charge in [-0.2, -0.15) is 11.3 Å². The van der Waals surface area contributed by atoms with Gasteiger partial charge in [-0.3, -0.25) is 4.79 Å². The number of thiophene rings is 1. The lowest BCUT2D eigenvalue weighted by Crippen LogP contribution is -2.19. The Kier molecular flexibility index (Phi) is 4.34.